The Morgan fingerprint density at radius 1 is 1.10 bits per heavy atom. The van der Waals surface area contributed by atoms with Gasteiger partial charge in [0.1, 0.15) is 23.4 Å². The van der Waals surface area contributed by atoms with Crippen LogP contribution < -0.4 is 9.64 Å². The molecule has 3 heterocycles. The van der Waals surface area contributed by atoms with Gasteiger partial charge >= 0.3 is 5.91 Å². The highest BCUT2D eigenvalue weighted by Crippen LogP contribution is 2.45. The summed E-state index contributed by atoms with van der Waals surface area (Å²) in [5.41, 5.74) is 4.08. The molecule has 1 N–H and O–H groups in total. The van der Waals surface area contributed by atoms with E-state index in [1.54, 1.807) is 24.3 Å². The summed E-state index contributed by atoms with van der Waals surface area (Å²) in [5.74, 6) is -0.530. The van der Waals surface area contributed by atoms with Crippen molar-refractivity contribution in [2.45, 2.75) is 55.3 Å². The zero-order valence-electron chi connectivity index (χ0n) is 23.2. The van der Waals surface area contributed by atoms with E-state index in [2.05, 4.69) is 24.0 Å². The third-order valence-corrected chi connectivity index (χ3v) is 9.54. The van der Waals surface area contributed by atoms with E-state index in [1.807, 2.05) is 37.3 Å². The van der Waals surface area contributed by atoms with Crippen LogP contribution in [0.4, 0.5) is 9.52 Å². The van der Waals surface area contributed by atoms with Gasteiger partial charge in [0.2, 0.25) is 5.13 Å². The molecule has 2 aliphatic heterocycles. The number of ketones is 1. The van der Waals surface area contributed by atoms with Gasteiger partial charge in [-0.25, -0.2) is 4.39 Å². The number of amides is 1. The number of ether oxygens (including phenoxy) is 1. The van der Waals surface area contributed by atoms with Crippen molar-refractivity contribution in [1.29, 1.82) is 0 Å². The summed E-state index contributed by atoms with van der Waals surface area (Å²) in [5, 5.41) is 20.3. The van der Waals surface area contributed by atoms with Crippen LogP contribution in [0.5, 0.6) is 5.75 Å². The van der Waals surface area contributed by atoms with Crippen molar-refractivity contribution in [2.75, 3.05) is 4.90 Å². The van der Waals surface area contributed by atoms with Crippen LogP contribution in [-0.4, -0.2) is 33.1 Å². The van der Waals surface area contributed by atoms with E-state index < -0.39 is 17.7 Å². The van der Waals surface area contributed by atoms with Gasteiger partial charge in [0.15, 0.2) is 4.34 Å². The molecule has 0 aliphatic carbocycles. The summed E-state index contributed by atoms with van der Waals surface area (Å²) in [7, 11) is 0. The van der Waals surface area contributed by atoms with E-state index in [9.17, 15) is 19.1 Å². The first-order chi connectivity index (χ1) is 20.2. The van der Waals surface area contributed by atoms with Crippen LogP contribution in [-0.2, 0) is 21.8 Å². The lowest BCUT2D eigenvalue weighted by atomic mass is 9.93. The molecule has 0 spiro atoms. The quantitative estimate of drug-likeness (QED) is 0.0798. The maximum absolute atomic E-state index is 13.6. The molecule has 7 nitrogen and oxygen atoms in total. The standard InChI is InChI=1S/C32H28FN3O4S2/c1-17(2)20-6-8-21(9-7-20)27-26(28(37)22-10-13-25-23(15-22)14-18(3)40-25)29(38)30(39)36(27)31-34-35-32(42-31)41-16-19-4-11-24(33)12-5-19/h4-13,15,17-18,27,37H,14,16H2,1-3H3/b28-26+/t18-,27+/m1/s1. The predicted octanol–water partition coefficient (Wildman–Crippen LogP) is 7.04. The van der Waals surface area contributed by atoms with E-state index in [-0.39, 0.29) is 28.4 Å². The number of aliphatic hydroxyl groups excluding tert-OH is 1. The maximum atomic E-state index is 13.6. The Morgan fingerprint density at radius 2 is 1.83 bits per heavy atom. The number of thioether (sulfide) groups is 1. The van der Waals surface area contributed by atoms with Crippen molar-refractivity contribution in [1.82, 2.24) is 10.2 Å². The predicted molar refractivity (Wildman–Crippen MR) is 161 cm³/mol. The van der Waals surface area contributed by atoms with Gasteiger partial charge in [0.25, 0.3) is 5.78 Å². The number of hydrogen-bond donors (Lipinski definition) is 1. The lowest BCUT2D eigenvalue weighted by Gasteiger charge is -2.23. The van der Waals surface area contributed by atoms with Gasteiger partial charge in [-0.1, -0.05) is 73.3 Å². The lowest BCUT2D eigenvalue weighted by molar-refractivity contribution is -0.132. The topological polar surface area (TPSA) is 92.6 Å². The molecule has 4 aromatic rings. The molecular weight excluding hydrogens is 574 g/mol. The molecule has 214 valence electrons. The van der Waals surface area contributed by atoms with Gasteiger partial charge in [-0.3, -0.25) is 14.5 Å². The molecule has 1 fully saturated rings. The molecule has 0 radical (unpaired) electrons. The summed E-state index contributed by atoms with van der Waals surface area (Å²) in [6.07, 6.45) is 0.712. The first kappa shape index (κ1) is 28.1. The number of carbonyl (C=O) groups excluding carboxylic acids is 2. The smallest absolute Gasteiger partial charge is 0.301 e. The highest BCUT2D eigenvalue weighted by molar-refractivity contribution is 8.00. The molecule has 2 aliphatic rings. The van der Waals surface area contributed by atoms with Crippen molar-refractivity contribution < 1.29 is 23.8 Å². The number of benzene rings is 3. The van der Waals surface area contributed by atoms with Crippen molar-refractivity contribution in [2.24, 2.45) is 0 Å². The minimum atomic E-state index is -0.891. The van der Waals surface area contributed by atoms with E-state index in [1.165, 1.54) is 40.1 Å². The van der Waals surface area contributed by atoms with Crippen LogP contribution in [0.2, 0.25) is 0 Å². The number of nitrogens with zero attached hydrogens (tertiary/aromatic N) is 3. The van der Waals surface area contributed by atoms with Crippen molar-refractivity contribution >= 4 is 45.7 Å². The Hall–Kier alpha value is -4.02. The largest absolute Gasteiger partial charge is 0.507 e. The minimum absolute atomic E-state index is 0.0000686. The van der Waals surface area contributed by atoms with Gasteiger partial charge in [-0.2, -0.15) is 0 Å². The zero-order chi connectivity index (χ0) is 29.5. The van der Waals surface area contributed by atoms with Gasteiger partial charge in [0.05, 0.1) is 11.6 Å². The normalized spacial score (nSPS) is 19.4. The van der Waals surface area contributed by atoms with Crippen LogP contribution in [0.1, 0.15) is 60.5 Å². The highest BCUT2D eigenvalue weighted by atomic mass is 32.2. The summed E-state index contributed by atoms with van der Waals surface area (Å²) in [6, 6.07) is 18.3. The van der Waals surface area contributed by atoms with Crippen LogP contribution >= 0.6 is 23.1 Å². The Kier molecular flexibility index (Phi) is 7.59. The Morgan fingerprint density at radius 3 is 2.55 bits per heavy atom. The number of carbonyl (C=O) groups is 2. The van der Waals surface area contributed by atoms with Gasteiger partial charge in [0, 0.05) is 17.7 Å². The molecule has 1 aromatic heterocycles. The summed E-state index contributed by atoms with van der Waals surface area (Å²) in [4.78, 5) is 28.5. The Bertz CT molecular complexity index is 1700. The fourth-order valence-corrected chi connectivity index (χ4v) is 7.04. The van der Waals surface area contributed by atoms with Crippen molar-refractivity contribution in [3.05, 3.63) is 106 Å². The second kappa shape index (κ2) is 11.3. The number of anilines is 1. The third-order valence-electron chi connectivity index (χ3n) is 7.41. The number of rotatable bonds is 7. The number of hydrogen-bond acceptors (Lipinski definition) is 8. The highest BCUT2D eigenvalue weighted by Gasteiger charge is 2.48. The fourth-order valence-electron chi connectivity index (χ4n) is 5.22. The van der Waals surface area contributed by atoms with Crippen LogP contribution in [0.15, 0.2) is 76.6 Å². The molecule has 2 atom stereocenters. The van der Waals surface area contributed by atoms with E-state index in [0.717, 1.165) is 22.4 Å². The molecular formula is C32H28FN3O4S2. The van der Waals surface area contributed by atoms with Crippen molar-refractivity contribution in [3.8, 4) is 5.75 Å². The van der Waals surface area contributed by atoms with E-state index in [0.29, 0.717) is 33.6 Å². The summed E-state index contributed by atoms with van der Waals surface area (Å²) >= 11 is 2.59. The number of aliphatic hydroxyl groups is 1. The molecule has 0 bridgehead atoms. The molecule has 42 heavy (non-hydrogen) atoms. The average molecular weight is 602 g/mol. The molecule has 1 amide bonds. The van der Waals surface area contributed by atoms with Gasteiger partial charge in [-0.05, 0) is 65.4 Å². The second-order valence-electron chi connectivity index (χ2n) is 10.7. The molecule has 3 aromatic carbocycles. The minimum Gasteiger partial charge on any atom is -0.507 e. The first-order valence-corrected chi connectivity index (χ1v) is 15.4. The maximum Gasteiger partial charge on any atom is 0.301 e. The zero-order valence-corrected chi connectivity index (χ0v) is 24.8. The van der Waals surface area contributed by atoms with Crippen LogP contribution in [0.25, 0.3) is 5.76 Å². The molecule has 10 heteroatoms. The van der Waals surface area contributed by atoms with E-state index in [4.69, 9.17) is 4.74 Å². The Balaban J connectivity index is 1.39. The number of Topliss-reactive ketones (excluding diaryl/α,β-unsaturated/α-hetero) is 1. The fraction of sp³-hybridized carbons (Fsp3) is 0.250. The van der Waals surface area contributed by atoms with Crippen molar-refractivity contribution in [3.63, 3.8) is 0 Å². The molecule has 0 saturated carbocycles. The molecule has 0 unspecified atom stereocenters. The third kappa shape index (κ3) is 5.32. The second-order valence-corrected chi connectivity index (χ2v) is 12.9. The average Bonchev–Trinajstić information content (AvgIpc) is 3.67. The van der Waals surface area contributed by atoms with E-state index >= 15 is 0 Å². The number of fused-ring (bicyclic) bond motifs is 1. The lowest BCUT2D eigenvalue weighted by Crippen LogP contribution is -2.29. The number of aromatic nitrogens is 2. The Labute approximate surface area is 251 Å². The molecule has 6 rings (SSSR count). The number of halogens is 1. The van der Waals surface area contributed by atoms with Gasteiger partial charge < -0.3 is 9.84 Å². The van der Waals surface area contributed by atoms with Gasteiger partial charge in [-0.15, -0.1) is 10.2 Å². The SMILES string of the molecule is CC(C)c1ccc([C@H]2/C(=C(\O)c3ccc4c(c3)C[C@@H](C)O4)C(=O)C(=O)N2c2nnc(SCc3ccc(F)cc3)s2)cc1. The van der Waals surface area contributed by atoms with Crippen LogP contribution in [0.3, 0.4) is 0 Å². The molecule has 1 saturated heterocycles. The summed E-state index contributed by atoms with van der Waals surface area (Å²) in [6.45, 7) is 6.15. The first-order valence-electron chi connectivity index (χ1n) is 13.6. The van der Waals surface area contributed by atoms with Crippen LogP contribution in [0, 0.1) is 5.82 Å². The monoisotopic (exact) mass is 601 g/mol. The summed E-state index contributed by atoms with van der Waals surface area (Å²) < 4.78 is 19.7.